The summed E-state index contributed by atoms with van der Waals surface area (Å²) in [4.78, 5) is 0.418. The number of sulfone groups is 1. The number of benzene rings is 2. The highest BCUT2D eigenvalue weighted by molar-refractivity contribution is 7.91. The van der Waals surface area contributed by atoms with Crippen LogP contribution in [0.15, 0.2) is 53.4 Å². The highest BCUT2D eigenvalue weighted by Gasteiger charge is 2.41. The van der Waals surface area contributed by atoms with Gasteiger partial charge in [-0.25, -0.2) is 8.42 Å². The minimum Gasteiger partial charge on any atom is -0.491 e. The molecule has 0 spiro atoms. The molecule has 0 amide bonds. The third-order valence-corrected chi connectivity index (χ3v) is 7.71. The lowest BCUT2D eigenvalue weighted by atomic mass is 9.88. The van der Waals surface area contributed by atoms with Gasteiger partial charge in [0.2, 0.25) is 0 Å². The average molecular weight is 416 g/mol. The molecule has 0 saturated heterocycles. The first-order valence-electron chi connectivity index (χ1n) is 10.7. The zero-order valence-electron chi connectivity index (χ0n) is 17.9. The summed E-state index contributed by atoms with van der Waals surface area (Å²) in [5, 5.41) is 3.79. The Hall–Kier alpha value is -1.85. The molecule has 2 atom stereocenters. The van der Waals surface area contributed by atoms with Crippen LogP contribution in [0.4, 0.5) is 0 Å². The largest absolute Gasteiger partial charge is 0.491 e. The van der Waals surface area contributed by atoms with Crippen molar-refractivity contribution in [1.82, 2.24) is 5.32 Å². The fraction of sp³-hybridized carbons (Fsp3) is 0.500. The molecule has 29 heavy (non-hydrogen) atoms. The molecule has 1 aliphatic heterocycles. The smallest absolute Gasteiger partial charge is 0.180 e. The number of rotatable bonds is 7. The fourth-order valence-corrected chi connectivity index (χ4v) is 6.32. The summed E-state index contributed by atoms with van der Waals surface area (Å²) >= 11 is 0. The van der Waals surface area contributed by atoms with Gasteiger partial charge in [-0.15, -0.1) is 0 Å². The Morgan fingerprint density at radius 1 is 1.14 bits per heavy atom. The van der Waals surface area contributed by atoms with Gasteiger partial charge in [0, 0.05) is 5.54 Å². The Balaban J connectivity index is 2.19. The maximum absolute atomic E-state index is 13.5. The SMILES string of the molecule is CCCC[C@@]1(CC)CS(=O)(=O)c2ccc(OC(C)C)cc2[C@H](c2ccccc2)N1. The van der Waals surface area contributed by atoms with Gasteiger partial charge in [-0.05, 0) is 56.0 Å². The highest BCUT2D eigenvalue weighted by Crippen LogP contribution is 2.39. The van der Waals surface area contributed by atoms with Crippen molar-refractivity contribution in [2.45, 2.75) is 76.0 Å². The Morgan fingerprint density at radius 3 is 2.48 bits per heavy atom. The normalized spacial score (nSPS) is 23.4. The van der Waals surface area contributed by atoms with Crippen LogP contribution in [0.5, 0.6) is 5.75 Å². The lowest BCUT2D eigenvalue weighted by molar-refractivity contribution is 0.241. The van der Waals surface area contributed by atoms with Crippen molar-refractivity contribution in [3.05, 3.63) is 59.7 Å². The van der Waals surface area contributed by atoms with Crippen molar-refractivity contribution in [2.24, 2.45) is 0 Å². The fourth-order valence-electron chi connectivity index (χ4n) is 4.20. The van der Waals surface area contributed by atoms with E-state index in [2.05, 4.69) is 31.3 Å². The maximum Gasteiger partial charge on any atom is 0.180 e. The third kappa shape index (κ3) is 4.84. The van der Waals surface area contributed by atoms with Gasteiger partial charge in [0.15, 0.2) is 9.84 Å². The molecule has 158 valence electrons. The molecule has 1 N–H and O–H groups in total. The first-order chi connectivity index (χ1) is 13.8. The molecule has 0 saturated carbocycles. The first kappa shape index (κ1) is 21.8. The molecule has 5 heteroatoms. The number of ether oxygens (including phenoxy) is 1. The number of nitrogens with one attached hydrogen (secondary N) is 1. The molecule has 0 unspecified atom stereocenters. The van der Waals surface area contributed by atoms with Crippen molar-refractivity contribution in [3.8, 4) is 5.75 Å². The first-order valence-corrected chi connectivity index (χ1v) is 12.3. The molecule has 0 aliphatic carbocycles. The molecule has 2 aromatic rings. The van der Waals surface area contributed by atoms with E-state index in [1.54, 1.807) is 12.1 Å². The number of unbranched alkanes of at least 4 members (excludes halogenated alkanes) is 1. The summed E-state index contributed by atoms with van der Waals surface area (Å²) in [7, 11) is -3.43. The molecule has 2 aromatic carbocycles. The van der Waals surface area contributed by atoms with E-state index in [0.29, 0.717) is 10.6 Å². The highest BCUT2D eigenvalue weighted by atomic mass is 32.2. The molecule has 0 bridgehead atoms. The Bertz CT molecular complexity index is 924. The number of fused-ring (bicyclic) bond motifs is 1. The van der Waals surface area contributed by atoms with E-state index >= 15 is 0 Å². The Morgan fingerprint density at radius 2 is 1.86 bits per heavy atom. The minimum atomic E-state index is -3.43. The van der Waals surface area contributed by atoms with Gasteiger partial charge < -0.3 is 4.74 Å². The second-order valence-electron chi connectivity index (χ2n) is 8.35. The van der Waals surface area contributed by atoms with Crippen LogP contribution in [0.1, 0.15) is 70.5 Å². The van der Waals surface area contributed by atoms with Gasteiger partial charge in [-0.2, -0.15) is 0 Å². The predicted molar refractivity (Wildman–Crippen MR) is 118 cm³/mol. The maximum atomic E-state index is 13.5. The summed E-state index contributed by atoms with van der Waals surface area (Å²) in [6, 6.07) is 15.3. The van der Waals surface area contributed by atoms with Gasteiger partial charge in [-0.3, -0.25) is 5.32 Å². The van der Waals surface area contributed by atoms with E-state index in [0.717, 1.165) is 36.8 Å². The van der Waals surface area contributed by atoms with E-state index < -0.39 is 15.4 Å². The quantitative estimate of drug-likeness (QED) is 0.668. The topological polar surface area (TPSA) is 55.4 Å². The van der Waals surface area contributed by atoms with Gasteiger partial charge >= 0.3 is 0 Å². The van der Waals surface area contributed by atoms with Crippen LogP contribution in [0.3, 0.4) is 0 Å². The molecule has 0 fully saturated rings. The van der Waals surface area contributed by atoms with Crippen molar-refractivity contribution < 1.29 is 13.2 Å². The van der Waals surface area contributed by atoms with Crippen molar-refractivity contribution in [1.29, 1.82) is 0 Å². The number of hydrogen-bond donors (Lipinski definition) is 1. The summed E-state index contributed by atoms with van der Waals surface area (Å²) in [5.41, 5.74) is 1.40. The summed E-state index contributed by atoms with van der Waals surface area (Å²) in [6.45, 7) is 8.18. The Labute approximate surface area is 175 Å². The molecule has 1 heterocycles. The standard InChI is InChI=1S/C24H33NO3S/c1-5-7-15-24(6-2)17-29(26,27)22-14-13-20(28-18(3)4)16-21(22)23(25-24)19-11-9-8-10-12-19/h8-14,16,18,23,25H,5-7,15,17H2,1-4H3/t23-,24-/m0/s1. The van der Waals surface area contributed by atoms with Crippen LogP contribution in [0.25, 0.3) is 0 Å². The molecule has 1 aliphatic rings. The summed E-state index contributed by atoms with van der Waals surface area (Å²) in [5.74, 6) is 0.825. The van der Waals surface area contributed by atoms with E-state index in [1.807, 2.05) is 38.1 Å². The zero-order valence-corrected chi connectivity index (χ0v) is 18.8. The minimum absolute atomic E-state index is 0.0258. The molecular weight excluding hydrogens is 382 g/mol. The molecule has 3 rings (SSSR count). The summed E-state index contributed by atoms with van der Waals surface area (Å²) in [6.07, 6.45) is 3.66. The van der Waals surface area contributed by atoms with E-state index in [4.69, 9.17) is 4.74 Å². The van der Waals surface area contributed by atoms with Crippen LogP contribution in [-0.4, -0.2) is 25.8 Å². The lowest BCUT2D eigenvalue weighted by Crippen LogP contribution is -2.50. The van der Waals surface area contributed by atoms with Crippen LogP contribution in [0.2, 0.25) is 0 Å². The zero-order chi connectivity index (χ0) is 21.1. The molecule has 4 nitrogen and oxygen atoms in total. The second-order valence-corrected chi connectivity index (χ2v) is 10.3. The average Bonchev–Trinajstić information content (AvgIpc) is 2.79. The molecule has 0 aromatic heterocycles. The monoisotopic (exact) mass is 415 g/mol. The van der Waals surface area contributed by atoms with E-state index in [9.17, 15) is 8.42 Å². The van der Waals surface area contributed by atoms with Crippen LogP contribution >= 0.6 is 0 Å². The predicted octanol–water partition coefficient (Wildman–Crippen LogP) is 5.28. The Kier molecular flexibility index (Phi) is 6.69. The van der Waals surface area contributed by atoms with Crippen molar-refractivity contribution in [2.75, 3.05) is 5.75 Å². The molecular formula is C24H33NO3S. The summed E-state index contributed by atoms with van der Waals surface area (Å²) < 4.78 is 32.8. The van der Waals surface area contributed by atoms with Crippen LogP contribution < -0.4 is 10.1 Å². The van der Waals surface area contributed by atoms with Crippen molar-refractivity contribution in [3.63, 3.8) is 0 Å². The molecule has 0 radical (unpaired) electrons. The lowest BCUT2D eigenvalue weighted by Gasteiger charge is -2.36. The number of hydrogen-bond acceptors (Lipinski definition) is 4. The van der Waals surface area contributed by atoms with Gasteiger partial charge in [0.1, 0.15) is 5.75 Å². The van der Waals surface area contributed by atoms with Gasteiger partial charge in [0.25, 0.3) is 0 Å². The van der Waals surface area contributed by atoms with Crippen molar-refractivity contribution >= 4 is 9.84 Å². The van der Waals surface area contributed by atoms with Gasteiger partial charge in [0.05, 0.1) is 22.8 Å². The van der Waals surface area contributed by atoms with E-state index in [1.165, 1.54) is 0 Å². The van der Waals surface area contributed by atoms with Crippen LogP contribution in [-0.2, 0) is 9.84 Å². The second kappa shape index (κ2) is 8.88. The third-order valence-electron chi connectivity index (χ3n) is 5.73. The van der Waals surface area contributed by atoms with Crippen LogP contribution in [0, 0.1) is 0 Å². The van der Waals surface area contributed by atoms with Gasteiger partial charge in [-0.1, -0.05) is 57.0 Å². The van der Waals surface area contributed by atoms with E-state index in [-0.39, 0.29) is 17.9 Å².